The SMILES string of the molecule is CN(Cc1ccsc1)c1ccncc1CCl. The molecular formula is C12H13ClN2S. The van der Waals surface area contributed by atoms with E-state index in [1.807, 2.05) is 12.3 Å². The third-order valence-electron chi connectivity index (χ3n) is 2.43. The van der Waals surface area contributed by atoms with Crippen LogP contribution in [0.25, 0.3) is 0 Å². The predicted octanol–water partition coefficient (Wildman–Crippen LogP) is 3.52. The Balaban J connectivity index is 2.17. The van der Waals surface area contributed by atoms with Crippen molar-refractivity contribution in [2.45, 2.75) is 12.4 Å². The molecule has 0 atom stereocenters. The van der Waals surface area contributed by atoms with Gasteiger partial charge in [0.25, 0.3) is 0 Å². The third-order valence-corrected chi connectivity index (χ3v) is 3.45. The zero-order valence-corrected chi connectivity index (χ0v) is 10.6. The van der Waals surface area contributed by atoms with Gasteiger partial charge in [-0.3, -0.25) is 4.98 Å². The molecule has 0 spiro atoms. The summed E-state index contributed by atoms with van der Waals surface area (Å²) in [6.45, 7) is 0.900. The van der Waals surface area contributed by atoms with Crippen molar-refractivity contribution < 1.29 is 0 Å². The molecule has 0 unspecified atom stereocenters. The summed E-state index contributed by atoms with van der Waals surface area (Å²) in [6.07, 6.45) is 3.63. The minimum Gasteiger partial charge on any atom is -0.370 e. The molecule has 0 saturated heterocycles. The zero-order chi connectivity index (χ0) is 11.4. The Morgan fingerprint density at radius 1 is 1.44 bits per heavy atom. The quantitative estimate of drug-likeness (QED) is 0.774. The zero-order valence-electron chi connectivity index (χ0n) is 9.06. The molecular weight excluding hydrogens is 240 g/mol. The van der Waals surface area contributed by atoms with Gasteiger partial charge in [0.05, 0.1) is 5.88 Å². The number of halogens is 1. The lowest BCUT2D eigenvalue weighted by Crippen LogP contribution is -2.17. The summed E-state index contributed by atoms with van der Waals surface area (Å²) in [4.78, 5) is 6.28. The summed E-state index contributed by atoms with van der Waals surface area (Å²) < 4.78 is 0. The van der Waals surface area contributed by atoms with E-state index in [0.717, 1.165) is 17.8 Å². The Kier molecular flexibility index (Phi) is 3.80. The second-order valence-electron chi connectivity index (χ2n) is 3.63. The number of pyridine rings is 1. The third kappa shape index (κ3) is 2.54. The molecule has 16 heavy (non-hydrogen) atoms. The number of hydrogen-bond acceptors (Lipinski definition) is 3. The van der Waals surface area contributed by atoms with E-state index in [1.165, 1.54) is 5.56 Å². The molecule has 0 saturated carbocycles. The molecule has 0 aromatic carbocycles. The highest BCUT2D eigenvalue weighted by Gasteiger charge is 2.07. The molecule has 2 nitrogen and oxygen atoms in total. The highest BCUT2D eigenvalue weighted by molar-refractivity contribution is 7.07. The summed E-state index contributed by atoms with van der Waals surface area (Å²) in [5.41, 5.74) is 3.54. The topological polar surface area (TPSA) is 16.1 Å². The van der Waals surface area contributed by atoms with E-state index in [9.17, 15) is 0 Å². The molecule has 84 valence electrons. The van der Waals surface area contributed by atoms with Crippen LogP contribution in [0, 0.1) is 0 Å². The van der Waals surface area contributed by atoms with Crippen LogP contribution >= 0.6 is 22.9 Å². The van der Waals surface area contributed by atoms with Gasteiger partial charge in [0.2, 0.25) is 0 Å². The van der Waals surface area contributed by atoms with E-state index in [-0.39, 0.29) is 0 Å². The standard InChI is InChI=1S/C12H13ClN2S/c1-15(8-10-3-5-16-9-10)12-2-4-14-7-11(12)6-13/h2-5,7,9H,6,8H2,1H3. The minimum atomic E-state index is 0.497. The summed E-state index contributed by atoms with van der Waals surface area (Å²) in [7, 11) is 2.07. The monoisotopic (exact) mass is 252 g/mol. The molecule has 4 heteroatoms. The van der Waals surface area contributed by atoms with Crippen molar-refractivity contribution in [3.8, 4) is 0 Å². The van der Waals surface area contributed by atoms with Gasteiger partial charge in [-0.25, -0.2) is 0 Å². The van der Waals surface area contributed by atoms with E-state index >= 15 is 0 Å². The van der Waals surface area contributed by atoms with E-state index in [1.54, 1.807) is 17.5 Å². The Morgan fingerprint density at radius 3 is 3.00 bits per heavy atom. The summed E-state index contributed by atoms with van der Waals surface area (Å²) in [5.74, 6) is 0.497. The van der Waals surface area contributed by atoms with Gasteiger partial charge >= 0.3 is 0 Å². The molecule has 0 amide bonds. The average molecular weight is 253 g/mol. The van der Waals surface area contributed by atoms with Gasteiger partial charge in [-0.05, 0) is 28.5 Å². The Labute approximate surface area is 105 Å². The fourth-order valence-corrected chi connectivity index (χ4v) is 2.50. The van der Waals surface area contributed by atoms with Crippen molar-refractivity contribution in [1.82, 2.24) is 4.98 Å². The number of rotatable bonds is 4. The van der Waals surface area contributed by atoms with Gasteiger partial charge in [0.15, 0.2) is 0 Å². The van der Waals surface area contributed by atoms with Gasteiger partial charge in [-0.15, -0.1) is 11.6 Å². The van der Waals surface area contributed by atoms with Crippen LogP contribution in [0.5, 0.6) is 0 Å². The number of aromatic nitrogens is 1. The second kappa shape index (κ2) is 5.32. The Morgan fingerprint density at radius 2 is 2.31 bits per heavy atom. The van der Waals surface area contributed by atoms with Gasteiger partial charge in [0, 0.05) is 37.2 Å². The first-order chi connectivity index (χ1) is 7.81. The van der Waals surface area contributed by atoms with Gasteiger partial charge in [-0.2, -0.15) is 11.3 Å². The molecule has 0 aliphatic carbocycles. The number of thiophene rings is 1. The largest absolute Gasteiger partial charge is 0.370 e. The summed E-state index contributed by atoms with van der Waals surface area (Å²) >= 11 is 7.62. The van der Waals surface area contributed by atoms with Crippen LogP contribution < -0.4 is 4.90 Å². The molecule has 2 rings (SSSR count). The van der Waals surface area contributed by atoms with Gasteiger partial charge in [0.1, 0.15) is 0 Å². The maximum Gasteiger partial charge on any atom is 0.0509 e. The fraction of sp³-hybridized carbons (Fsp3) is 0.250. The van der Waals surface area contributed by atoms with E-state index in [0.29, 0.717) is 5.88 Å². The maximum atomic E-state index is 5.89. The van der Waals surface area contributed by atoms with Crippen LogP contribution in [0.2, 0.25) is 0 Å². The maximum absolute atomic E-state index is 5.89. The van der Waals surface area contributed by atoms with E-state index in [4.69, 9.17) is 11.6 Å². The van der Waals surface area contributed by atoms with Gasteiger partial charge < -0.3 is 4.90 Å². The van der Waals surface area contributed by atoms with Crippen LogP contribution in [-0.4, -0.2) is 12.0 Å². The fourth-order valence-electron chi connectivity index (χ4n) is 1.64. The van der Waals surface area contributed by atoms with Crippen molar-refractivity contribution in [3.63, 3.8) is 0 Å². The molecule has 2 aromatic heterocycles. The lowest BCUT2D eigenvalue weighted by molar-refractivity contribution is 0.916. The smallest absolute Gasteiger partial charge is 0.0509 e. The van der Waals surface area contributed by atoms with Crippen molar-refractivity contribution in [2.75, 3.05) is 11.9 Å². The second-order valence-corrected chi connectivity index (χ2v) is 4.67. The van der Waals surface area contributed by atoms with Crippen LogP contribution in [0.15, 0.2) is 35.3 Å². The molecule has 0 aliphatic heterocycles. The first kappa shape index (κ1) is 11.4. The molecule has 0 bridgehead atoms. The number of nitrogens with zero attached hydrogens (tertiary/aromatic N) is 2. The number of anilines is 1. The first-order valence-electron chi connectivity index (χ1n) is 5.02. The minimum absolute atomic E-state index is 0.497. The van der Waals surface area contributed by atoms with Crippen LogP contribution in [0.1, 0.15) is 11.1 Å². The van der Waals surface area contributed by atoms with Crippen molar-refractivity contribution in [2.24, 2.45) is 0 Å². The van der Waals surface area contributed by atoms with Crippen molar-refractivity contribution in [3.05, 3.63) is 46.4 Å². The Hall–Kier alpha value is -1.06. The predicted molar refractivity (Wildman–Crippen MR) is 70.2 cm³/mol. The first-order valence-corrected chi connectivity index (χ1v) is 6.50. The molecule has 2 aromatic rings. The molecule has 2 heterocycles. The van der Waals surface area contributed by atoms with E-state index in [2.05, 4.69) is 33.8 Å². The highest BCUT2D eigenvalue weighted by atomic mass is 35.5. The van der Waals surface area contributed by atoms with Crippen molar-refractivity contribution in [1.29, 1.82) is 0 Å². The average Bonchev–Trinajstić information content (AvgIpc) is 2.81. The molecule has 0 N–H and O–H groups in total. The van der Waals surface area contributed by atoms with Crippen molar-refractivity contribution >= 4 is 28.6 Å². The molecule has 0 aliphatic rings. The van der Waals surface area contributed by atoms with E-state index < -0.39 is 0 Å². The van der Waals surface area contributed by atoms with Gasteiger partial charge in [-0.1, -0.05) is 0 Å². The van der Waals surface area contributed by atoms with Crippen LogP contribution in [-0.2, 0) is 12.4 Å². The number of alkyl halides is 1. The summed E-state index contributed by atoms with van der Waals surface area (Å²) in [6, 6.07) is 4.15. The van der Waals surface area contributed by atoms with Crippen LogP contribution in [0.4, 0.5) is 5.69 Å². The lowest BCUT2D eigenvalue weighted by Gasteiger charge is -2.20. The number of hydrogen-bond donors (Lipinski definition) is 0. The van der Waals surface area contributed by atoms with Crippen LogP contribution in [0.3, 0.4) is 0 Å². The highest BCUT2D eigenvalue weighted by Crippen LogP contribution is 2.22. The summed E-state index contributed by atoms with van der Waals surface area (Å²) in [5, 5.41) is 4.26. The normalized spacial score (nSPS) is 10.4. The lowest BCUT2D eigenvalue weighted by atomic mass is 10.2. The Bertz CT molecular complexity index is 442. The molecule has 0 radical (unpaired) electrons. The molecule has 0 fully saturated rings.